The minimum Gasteiger partial charge on any atom is -0.383 e. The summed E-state index contributed by atoms with van der Waals surface area (Å²) in [5, 5.41) is 3.74. The molecule has 166 valence electrons. The highest BCUT2D eigenvalue weighted by Crippen LogP contribution is 2.37. The summed E-state index contributed by atoms with van der Waals surface area (Å²) < 4.78 is 11.5. The maximum atomic E-state index is 6.21. The van der Waals surface area contributed by atoms with E-state index in [-0.39, 0.29) is 6.04 Å². The molecule has 0 radical (unpaired) electrons. The summed E-state index contributed by atoms with van der Waals surface area (Å²) in [5.41, 5.74) is 13.1. The van der Waals surface area contributed by atoms with Crippen molar-refractivity contribution in [3.8, 4) is 22.3 Å². The van der Waals surface area contributed by atoms with Crippen LogP contribution in [0, 0.1) is 0 Å². The lowest BCUT2D eigenvalue weighted by molar-refractivity contribution is 0.0493. The zero-order valence-corrected chi connectivity index (χ0v) is 18.5. The van der Waals surface area contributed by atoms with E-state index in [1.165, 1.54) is 11.1 Å². The number of benzene rings is 1. The fourth-order valence-electron chi connectivity index (χ4n) is 4.81. The Kier molecular flexibility index (Phi) is 6.17. The van der Waals surface area contributed by atoms with E-state index < -0.39 is 0 Å². The normalized spacial score (nSPS) is 22.0. The van der Waals surface area contributed by atoms with E-state index in [1.54, 1.807) is 12.4 Å². The molecule has 0 aliphatic carbocycles. The molecular weight excluding hydrogens is 400 g/mol. The predicted octanol–water partition coefficient (Wildman–Crippen LogP) is 4.34. The number of hydrogen-bond acceptors (Lipinski definition) is 6. The number of morpholine rings is 1. The number of anilines is 1. The van der Waals surface area contributed by atoms with Crippen LogP contribution in [0.25, 0.3) is 22.3 Å². The molecule has 0 bridgehead atoms. The standard InChI is InChI=1S/C26H30N4O2/c1-17-15-32-16-25(30-17)24-12-20(2-3-22(24)19-6-10-31-11-7-19)21-13-23(26(27)29-14-21)18-4-8-28-9-5-18/h2-5,8-9,12-14,17,19,25,30H,6-7,10-11,15-16H2,1H3,(H2,27,29)/t17-,25-/m1/s1. The topological polar surface area (TPSA) is 82.3 Å². The Balaban J connectivity index is 1.55. The second-order valence-corrected chi connectivity index (χ2v) is 8.78. The van der Waals surface area contributed by atoms with Gasteiger partial charge in [0.05, 0.1) is 19.3 Å². The van der Waals surface area contributed by atoms with Crippen LogP contribution in [-0.4, -0.2) is 42.4 Å². The maximum Gasteiger partial charge on any atom is 0.131 e. The van der Waals surface area contributed by atoms with E-state index in [4.69, 9.17) is 15.2 Å². The molecule has 1 aromatic carbocycles. The average Bonchev–Trinajstić information content (AvgIpc) is 2.85. The van der Waals surface area contributed by atoms with Gasteiger partial charge in [0.25, 0.3) is 0 Å². The molecule has 2 aliphatic rings. The van der Waals surface area contributed by atoms with Gasteiger partial charge in [-0.15, -0.1) is 0 Å². The van der Waals surface area contributed by atoms with E-state index in [1.807, 2.05) is 18.3 Å². The SMILES string of the molecule is C[C@@H]1COC[C@H](c2cc(-c3cnc(N)c(-c4ccncc4)c3)ccc2C2CCOCC2)N1. The van der Waals surface area contributed by atoms with Gasteiger partial charge in [-0.2, -0.15) is 0 Å². The van der Waals surface area contributed by atoms with E-state index in [0.29, 0.717) is 24.4 Å². The number of nitrogens with one attached hydrogen (secondary N) is 1. The molecule has 2 atom stereocenters. The lowest BCUT2D eigenvalue weighted by Gasteiger charge is -2.33. The number of pyridine rings is 2. The van der Waals surface area contributed by atoms with Crippen LogP contribution in [0.4, 0.5) is 5.82 Å². The highest BCUT2D eigenvalue weighted by Gasteiger charge is 2.27. The molecule has 3 N–H and O–H groups in total. The molecule has 6 heteroatoms. The van der Waals surface area contributed by atoms with Crippen LogP contribution in [-0.2, 0) is 9.47 Å². The molecule has 4 heterocycles. The summed E-state index contributed by atoms with van der Waals surface area (Å²) in [4.78, 5) is 8.61. The van der Waals surface area contributed by atoms with Crippen molar-refractivity contribution in [1.82, 2.24) is 15.3 Å². The minimum absolute atomic E-state index is 0.179. The molecule has 0 amide bonds. The lowest BCUT2D eigenvalue weighted by Crippen LogP contribution is -2.42. The van der Waals surface area contributed by atoms with Gasteiger partial charge in [0.1, 0.15) is 5.82 Å². The molecule has 2 saturated heterocycles. The highest BCUT2D eigenvalue weighted by molar-refractivity contribution is 5.79. The first kappa shape index (κ1) is 21.1. The number of ether oxygens (including phenoxy) is 2. The Morgan fingerprint density at radius 1 is 0.906 bits per heavy atom. The number of aromatic nitrogens is 2. The Labute approximate surface area is 189 Å². The van der Waals surface area contributed by atoms with Crippen LogP contribution >= 0.6 is 0 Å². The number of rotatable bonds is 4. The Morgan fingerprint density at radius 2 is 1.72 bits per heavy atom. The molecule has 0 unspecified atom stereocenters. The number of nitrogens with two attached hydrogens (primary N) is 1. The van der Waals surface area contributed by atoms with E-state index in [9.17, 15) is 0 Å². The summed E-state index contributed by atoms with van der Waals surface area (Å²) in [7, 11) is 0. The van der Waals surface area contributed by atoms with Crippen LogP contribution < -0.4 is 11.1 Å². The van der Waals surface area contributed by atoms with Crippen molar-refractivity contribution >= 4 is 5.82 Å². The molecular formula is C26H30N4O2. The summed E-state index contributed by atoms with van der Waals surface area (Å²) in [6, 6.07) is 13.4. The van der Waals surface area contributed by atoms with Gasteiger partial charge in [-0.25, -0.2) is 4.98 Å². The second kappa shape index (κ2) is 9.36. The summed E-state index contributed by atoms with van der Waals surface area (Å²) in [5.74, 6) is 1.04. The zero-order valence-electron chi connectivity index (χ0n) is 18.5. The van der Waals surface area contributed by atoms with Crippen molar-refractivity contribution < 1.29 is 9.47 Å². The molecule has 0 saturated carbocycles. The third kappa shape index (κ3) is 4.39. The van der Waals surface area contributed by atoms with Crippen LogP contribution in [0.2, 0.25) is 0 Å². The first-order valence-electron chi connectivity index (χ1n) is 11.4. The molecule has 32 heavy (non-hydrogen) atoms. The van der Waals surface area contributed by atoms with Crippen LogP contribution in [0.3, 0.4) is 0 Å². The van der Waals surface area contributed by atoms with Crippen molar-refractivity contribution in [1.29, 1.82) is 0 Å². The van der Waals surface area contributed by atoms with Gasteiger partial charge < -0.3 is 20.5 Å². The molecule has 6 nitrogen and oxygen atoms in total. The molecule has 2 aliphatic heterocycles. The summed E-state index contributed by atoms with van der Waals surface area (Å²) >= 11 is 0. The van der Waals surface area contributed by atoms with Crippen LogP contribution in [0.15, 0.2) is 55.0 Å². The molecule has 5 rings (SSSR count). The fraction of sp³-hybridized carbons (Fsp3) is 0.385. The van der Waals surface area contributed by atoms with Crippen LogP contribution in [0.5, 0.6) is 0 Å². The van der Waals surface area contributed by atoms with Gasteiger partial charge in [0.2, 0.25) is 0 Å². The third-order valence-corrected chi connectivity index (χ3v) is 6.50. The van der Waals surface area contributed by atoms with Gasteiger partial charge in [0.15, 0.2) is 0 Å². The third-order valence-electron chi connectivity index (χ3n) is 6.50. The fourth-order valence-corrected chi connectivity index (χ4v) is 4.81. The molecule has 0 spiro atoms. The first-order chi connectivity index (χ1) is 15.7. The average molecular weight is 431 g/mol. The van der Waals surface area contributed by atoms with Gasteiger partial charge in [-0.1, -0.05) is 12.1 Å². The monoisotopic (exact) mass is 430 g/mol. The van der Waals surface area contributed by atoms with Gasteiger partial charge in [0, 0.05) is 49.0 Å². The van der Waals surface area contributed by atoms with Gasteiger partial charge in [-0.3, -0.25) is 4.98 Å². The maximum absolute atomic E-state index is 6.21. The summed E-state index contributed by atoms with van der Waals surface area (Å²) in [6.45, 7) is 5.27. The Bertz CT molecular complexity index is 1070. The van der Waals surface area contributed by atoms with Crippen molar-refractivity contribution in [3.05, 3.63) is 66.1 Å². The Hall–Kier alpha value is -2.80. The predicted molar refractivity (Wildman–Crippen MR) is 126 cm³/mol. The van der Waals surface area contributed by atoms with Crippen LogP contribution in [0.1, 0.15) is 42.9 Å². The lowest BCUT2D eigenvalue weighted by atomic mass is 9.84. The summed E-state index contributed by atoms with van der Waals surface area (Å²) in [6.07, 6.45) is 7.53. The molecule has 2 fully saturated rings. The molecule has 2 aromatic heterocycles. The first-order valence-corrected chi connectivity index (χ1v) is 11.4. The molecule has 3 aromatic rings. The van der Waals surface area contributed by atoms with Gasteiger partial charge >= 0.3 is 0 Å². The van der Waals surface area contributed by atoms with E-state index in [0.717, 1.165) is 54.9 Å². The number of hydrogen-bond donors (Lipinski definition) is 2. The van der Waals surface area contributed by atoms with E-state index >= 15 is 0 Å². The van der Waals surface area contributed by atoms with Crippen molar-refractivity contribution in [2.75, 3.05) is 32.2 Å². The number of nitrogen functional groups attached to an aromatic ring is 1. The minimum atomic E-state index is 0.179. The zero-order chi connectivity index (χ0) is 21.9. The smallest absolute Gasteiger partial charge is 0.131 e. The Morgan fingerprint density at radius 3 is 2.50 bits per heavy atom. The largest absolute Gasteiger partial charge is 0.383 e. The van der Waals surface area contributed by atoms with Crippen molar-refractivity contribution in [2.24, 2.45) is 0 Å². The second-order valence-electron chi connectivity index (χ2n) is 8.78. The quantitative estimate of drug-likeness (QED) is 0.641. The van der Waals surface area contributed by atoms with Crippen molar-refractivity contribution in [3.63, 3.8) is 0 Å². The highest BCUT2D eigenvalue weighted by atomic mass is 16.5. The van der Waals surface area contributed by atoms with E-state index in [2.05, 4.69) is 46.5 Å². The van der Waals surface area contributed by atoms with Gasteiger partial charge in [-0.05, 0) is 72.2 Å². The van der Waals surface area contributed by atoms with Crippen molar-refractivity contribution in [2.45, 2.75) is 37.8 Å². The number of nitrogens with zero attached hydrogens (tertiary/aromatic N) is 2.